The molecular weight excluding hydrogens is 221 g/mol. The van der Waals surface area contributed by atoms with Crippen molar-refractivity contribution < 1.29 is 14.0 Å². The first kappa shape index (κ1) is 12.4. The van der Waals surface area contributed by atoms with Gasteiger partial charge in [0, 0.05) is 18.7 Å². The fraction of sp³-hybridized carbons (Fsp3) is 0.400. The normalized spacial score (nSPS) is 10.6. The first-order valence-electron chi connectivity index (χ1n) is 4.51. The molecule has 1 rings (SSSR count). The number of rotatable bonds is 6. The minimum Gasteiger partial charge on any atom is -0.382 e. The van der Waals surface area contributed by atoms with Gasteiger partial charge in [-0.3, -0.25) is 4.84 Å². The Hall–Kier alpha value is -0.680. The van der Waals surface area contributed by atoms with E-state index in [-0.39, 0.29) is 5.82 Å². The number of hydrogen-bond donors (Lipinski definition) is 1. The first-order valence-corrected chi connectivity index (χ1v) is 4.88. The summed E-state index contributed by atoms with van der Waals surface area (Å²) in [6.07, 6.45) is 0. The zero-order valence-electron chi connectivity index (χ0n) is 8.43. The van der Waals surface area contributed by atoms with Crippen LogP contribution in [0.5, 0.6) is 0 Å². The monoisotopic (exact) mass is 233 g/mol. The van der Waals surface area contributed by atoms with Gasteiger partial charge in [0.1, 0.15) is 5.82 Å². The van der Waals surface area contributed by atoms with Crippen LogP contribution >= 0.6 is 11.6 Å². The Morgan fingerprint density at radius 2 is 2.13 bits per heavy atom. The van der Waals surface area contributed by atoms with Crippen LogP contribution in [0.3, 0.4) is 0 Å². The van der Waals surface area contributed by atoms with E-state index in [0.717, 1.165) is 5.56 Å². The summed E-state index contributed by atoms with van der Waals surface area (Å²) in [6.45, 7) is 1.36. The maximum absolute atomic E-state index is 12.9. The lowest BCUT2D eigenvalue weighted by Gasteiger charge is -2.05. The van der Waals surface area contributed by atoms with E-state index >= 15 is 0 Å². The van der Waals surface area contributed by atoms with Crippen molar-refractivity contribution in [2.45, 2.75) is 6.54 Å². The van der Waals surface area contributed by atoms with Gasteiger partial charge in [0.15, 0.2) is 0 Å². The molecule has 0 aromatic heterocycles. The van der Waals surface area contributed by atoms with Gasteiger partial charge < -0.3 is 4.74 Å². The van der Waals surface area contributed by atoms with Gasteiger partial charge in [-0.15, -0.1) is 0 Å². The van der Waals surface area contributed by atoms with Crippen LogP contribution < -0.4 is 5.48 Å². The minimum absolute atomic E-state index is 0.351. The molecule has 0 heterocycles. The molecule has 0 aliphatic rings. The van der Waals surface area contributed by atoms with Crippen molar-refractivity contribution >= 4 is 11.6 Å². The molecule has 1 aromatic carbocycles. The number of benzene rings is 1. The molecule has 1 N–H and O–H groups in total. The molecule has 0 saturated carbocycles. The quantitative estimate of drug-likeness (QED) is 0.603. The van der Waals surface area contributed by atoms with Crippen LogP contribution in [0.15, 0.2) is 18.2 Å². The fourth-order valence-corrected chi connectivity index (χ4v) is 1.29. The van der Waals surface area contributed by atoms with Gasteiger partial charge in [-0.2, -0.15) is 5.48 Å². The predicted octanol–water partition coefficient (Wildman–Crippen LogP) is 2.15. The molecule has 84 valence electrons. The first-order chi connectivity index (χ1) is 7.22. The smallest absolute Gasteiger partial charge is 0.125 e. The zero-order chi connectivity index (χ0) is 11.1. The average Bonchev–Trinajstić information content (AvgIpc) is 2.16. The van der Waals surface area contributed by atoms with Gasteiger partial charge in [-0.25, -0.2) is 4.39 Å². The Balaban J connectivity index is 2.31. The summed E-state index contributed by atoms with van der Waals surface area (Å²) in [5.41, 5.74) is 3.42. The molecule has 0 atom stereocenters. The van der Waals surface area contributed by atoms with Crippen LogP contribution in [0.2, 0.25) is 5.02 Å². The van der Waals surface area contributed by atoms with Crippen molar-refractivity contribution in [1.29, 1.82) is 0 Å². The molecule has 0 aliphatic carbocycles. The van der Waals surface area contributed by atoms with E-state index in [1.807, 2.05) is 0 Å². The molecule has 0 bridgehead atoms. The van der Waals surface area contributed by atoms with Gasteiger partial charge in [-0.05, 0) is 23.8 Å². The maximum atomic E-state index is 12.9. The summed E-state index contributed by atoms with van der Waals surface area (Å²) in [4.78, 5) is 5.02. The summed E-state index contributed by atoms with van der Waals surface area (Å²) in [6, 6.07) is 4.34. The van der Waals surface area contributed by atoms with Gasteiger partial charge in [-0.1, -0.05) is 11.6 Å². The molecule has 3 nitrogen and oxygen atoms in total. The van der Waals surface area contributed by atoms with Crippen LogP contribution in [0.1, 0.15) is 5.56 Å². The van der Waals surface area contributed by atoms with Crippen molar-refractivity contribution in [1.82, 2.24) is 5.48 Å². The summed E-state index contributed by atoms with van der Waals surface area (Å²) < 4.78 is 17.7. The molecule has 1 aromatic rings. The Morgan fingerprint density at radius 3 is 2.80 bits per heavy atom. The molecule has 0 radical (unpaired) electrons. The van der Waals surface area contributed by atoms with Gasteiger partial charge in [0.25, 0.3) is 0 Å². The number of hydroxylamine groups is 1. The lowest BCUT2D eigenvalue weighted by molar-refractivity contribution is 0.00344. The van der Waals surface area contributed by atoms with E-state index < -0.39 is 0 Å². The van der Waals surface area contributed by atoms with Gasteiger partial charge in [0.05, 0.1) is 13.2 Å². The Bertz CT molecular complexity index is 289. The Labute approximate surface area is 93.1 Å². The molecule has 0 fully saturated rings. The number of halogens is 2. The highest BCUT2D eigenvalue weighted by Gasteiger charge is 1.98. The molecule has 0 aliphatic heterocycles. The highest BCUT2D eigenvalue weighted by molar-refractivity contribution is 6.30. The molecule has 0 spiro atoms. The third kappa shape index (κ3) is 5.09. The maximum Gasteiger partial charge on any atom is 0.125 e. The van der Waals surface area contributed by atoms with Crippen LogP contribution in [0, 0.1) is 5.82 Å². The summed E-state index contributed by atoms with van der Waals surface area (Å²) >= 11 is 5.68. The Morgan fingerprint density at radius 1 is 1.33 bits per heavy atom. The third-order valence-electron chi connectivity index (χ3n) is 1.69. The highest BCUT2D eigenvalue weighted by atomic mass is 35.5. The zero-order valence-corrected chi connectivity index (χ0v) is 9.18. The summed E-state index contributed by atoms with van der Waals surface area (Å²) in [5.74, 6) is -0.351. The summed E-state index contributed by atoms with van der Waals surface area (Å²) in [5, 5.41) is 0.378. The lowest BCUT2D eigenvalue weighted by Crippen LogP contribution is -2.17. The molecular formula is C10H13ClFNO2. The molecule has 5 heteroatoms. The summed E-state index contributed by atoms with van der Waals surface area (Å²) in [7, 11) is 1.59. The molecule has 0 saturated heterocycles. The number of ether oxygens (including phenoxy) is 1. The van der Waals surface area contributed by atoms with Gasteiger partial charge in [0.2, 0.25) is 0 Å². The van der Waals surface area contributed by atoms with Crippen molar-refractivity contribution in [3.63, 3.8) is 0 Å². The van der Waals surface area contributed by atoms with E-state index in [1.165, 1.54) is 12.1 Å². The minimum atomic E-state index is -0.351. The van der Waals surface area contributed by atoms with Crippen molar-refractivity contribution in [3.8, 4) is 0 Å². The lowest BCUT2D eigenvalue weighted by atomic mass is 10.2. The number of nitrogens with one attached hydrogen (secondary N) is 1. The molecule has 15 heavy (non-hydrogen) atoms. The van der Waals surface area contributed by atoms with Crippen molar-refractivity contribution in [2.75, 3.05) is 20.3 Å². The van der Waals surface area contributed by atoms with E-state index in [0.29, 0.717) is 24.8 Å². The second-order valence-corrected chi connectivity index (χ2v) is 3.38. The van der Waals surface area contributed by atoms with Crippen LogP contribution in [-0.2, 0) is 16.1 Å². The van der Waals surface area contributed by atoms with Crippen LogP contribution in [0.4, 0.5) is 4.39 Å². The number of methoxy groups -OCH3 is 1. The topological polar surface area (TPSA) is 30.5 Å². The second-order valence-electron chi connectivity index (χ2n) is 2.94. The largest absolute Gasteiger partial charge is 0.382 e. The predicted molar refractivity (Wildman–Crippen MR) is 56.1 cm³/mol. The second kappa shape index (κ2) is 6.74. The molecule has 0 unspecified atom stereocenters. The van der Waals surface area contributed by atoms with E-state index in [4.69, 9.17) is 21.2 Å². The standard InChI is InChI=1S/C10H13ClFNO2/c1-14-2-3-15-13-7-8-4-9(11)6-10(12)5-8/h4-6,13H,2-3,7H2,1H3. The highest BCUT2D eigenvalue weighted by Crippen LogP contribution is 2.13. The average molecular weight is 234 g/mol. The van der Waals surface area contributed by atoms with Gasteiger partial charge >= 0.3 is 0 Å². The van der Waals surface area contributed by atoms with Crippen LogP contribution in [-0.4, -0.2) is 20.3 Å². The van der Waals surface area contributed by atoms with E-state index in [2.05, 4.69) is 5.48 Å². The third-order valence-corrected chi connectivity index (χ3v) is 1.91. The van der Waals surface area contributed by atoms with Crippen molar-refractivity contribution in [3.05, 3.63) is 34.6 Å². The van der Waals surface area contributed by atoms with E-state index in [9.17, 15) is 4.39 Å². The van der Waals surface area contributed by atoms with E-state index in [1.54, 1.807) is 13.2 Å². The van der Waals surface area contributed by atoms with Crippen molar-refractivity contribution in [2.24, 2.45) is 0 Å². The fourth-order valence-electron chi connectivity index (χ4n) is 1.04. The number of hydrogen-bond acceptors (Lipinski definition) is 3. The van der Waals surface area contributed by atoms with Crippen LogP contribution in [0.25, 0.3) is 0 Å². The molecule has 0 amide bonds. The Kier molecular flexibility index (Phi) is 5.57. The SMILES string of the molecule is COCCONCc1cc(F)cc(Cl)c1.